The summed E-state index contributed by atoms with van der Waals surface area (Å²) < 4.78 is 5.18. The van der Waals surface area contributed by atoms with E-state index in [4.69, 9.17) is 4.74 Å². The number of carbonyl (C=O) groups is 3. The fraction of sp³-hybridized carbons (Fsp3) is 0.550. The molecule has 0 aliphatic heterocycles. The Labute approximate surface area is 162 Å². The zero-order chi connectivity index (χ0) is 19.7. The van der Waals surface area contributed by atoms with E-state index in [-0.39, 0.29) is 12.5 Å². The highest BCUT2D eigenvalue weighted by molar-refractivity contribution is 7.17. The van der Waals surface area contributed by atoms with Gasteiger partial charge in [0.2, 0.25) is 5.91 Å². The lowest BCUT2D eigenvalue weighted by Crippen LogP contribution is -2.36. The summed E-state index contributed by atoms with van der Waals surface area (Å²) in [6.45, 7) is 5.88. The number of rotatable bonds is 5. The van der Waals surface area contributed by atoms with Crippen LogP contribution in [0.2, 0.25) is 0 Å². The van der Waals surface area contributed by atoms with Crippen molar-refractivity contribution in [1.82, 2.24) is 0 Å². The second-order valence-corrected chi connectivity index (χ2v) is 8.40. The summed E-state index contributed by atoms with van der Waals surface area (Å²) in [4.78, 5) is 38.2. The van der Waals surface area contributed by atoms with Crippen LogP contribution in [0.4, 0.5) is 5.00 Å². The van der Waals surface area contributed by atoms with Crippen LogP contribution >= 0.6 is 11.3 Å². The van der Waals surface area contributed by atoms with Crippen LogP contribution in [0.25, 0.3) is 0 Å². The van der Waals surface area contributed by atoms with Crippen molar-refractivity contribution >= 4 is 34.2 Å². The van der Waals surface area contributed by atoms with E-state index < -0.39 is 23.8 Å². The third-order valence-corrected chi connectivity index (χ3v) is 6.77. The highest BCUT2D eigenvalue weighted by Crippen LogP contribution is 2.41. The number of anilines is 1. The Hall–Kier alpha value is -2.15. The Kier molecular flexibility index (Phi) is 5.69. The molecule has 0 bridgehead atoms. The van der Waals surface area contributed by atoms with Crippen molar-refractivity contribution in [3.05, 3.63) is 27.2 Å². The molecule has 0 fully saturated rings. The van der Waals surface area contributed by atoms with Crippen molar-refractivity contribution in [2.75, 3.05) is 11.9 Å². The predicted octanol–water partition coefficient (Wildman–Crippen LogP) is 3.80. The lowest BCUT2D eigenvalue weighted by Gasteiger charge is -2.29. The number of allylic oxidation sites excluding steroid dienone is 2. The maximum absolute atomic E-state index is 13.0. The smallest absolute Gasteiger partial charge is 0.341 e. The molecule has 146 valence electrons. The third-order valence-electron chi connectivity index (χ3n) is 5.56. The molecule has 3 rings (SSSR count). The summed E-state index contributed by atoms with van der Waals surface area (Å²) in [5, 5.41) is 12.9. The number of ether oxygens (including phenoxy) is 1. The minimum absolute atomic E-state index is 0.268. The second-order valence-electron chi connectivity index (χ2n) is 7.29. The molecule has 1 aromatic heterocycles. The number of amides is 1. The number of carbonyl (C=O) groups excluding carboxylic acids is 2. The first-order valence-electron chi connectivity index (χ1n) is 9.34. The molecule has 2 aliphatic carbocycles. The zero-order valence-electron chi connectivity index (χ0n) is 15.9. The van der Waals surface area contributed by atoms with Gasteiger partial charge in [-0.25, -0.2) is 4.79 Å². The Morgan fingerprint density at radius 1 is 1.15 bits per heavy atom. The number of esters is 1. The van der Waals surface area contributed by atoms with Crippen molar-refractivity contribution in [2.45, 2.75) is 52.9 Å². The van der Waals surface area contributed by atoms with E-state index in [1.165, 1.54) is 11.3 Å². The van der Waals surface area contributed by atoms with Crippen LogP contribution in [0.15, 0.2) is 11.1 Å². The molecular weight excluding hydrogens is 366 g/mol. The molecule has 0 spiro atoms. The minimum Gasteiger partial charge on any atom is -0.481 e. The van der Waals surface area contributed by atoms with E-state index in [1.54, 1.807) is 6.92 Å². The topological polar surface area (TPSA) is 92.7 Å². The SMILES string of the molecule is CCOC(=O)c1c(NC(=O)[C@@H]2CC(C)=C(C)C[C@H]2C(=O)O)sc2c1CCC2. The number of fused-ring (bicyclic) bond motifs is 1. The molecule has 0 saturated carbocycles. The van der Waals surface area contributed by atoms with Crippen LogP contribution in [0.1, 0.15) is 60.8 Å². The van der Waals surface area contributed by atoms with Gasteiger partial charge in [0.25, 0.3) is 0 Å². The van der Waals surface area contributed by atoms with Crippen LogP contribution in [0, 0.1) is 11.8 Å². The van der Waals surface area contributed by atoms with Gasteiger partial charge in [0.05, 0.1) is 24.0 Å². The van der Waals surface area contributed by atoms with Gasteiger partial charge >= 0.3 is 11.9 Å². The summed E-state index contributed by atoms with van der Waals surface area (Å²) >= 11 is 1.41. The average molecular weight is 391 g/mol. The van der Waals surface area contributed by atoms with Crippen molar-refractivity contribution in [2.24, 2.45) is 11.8 Å². The molecule has 2 aliphatic rings. The van der Waals surface area contributed by atoms with E-state index >= 15 is 0 Å². The number of thiophene rings is 1. The van der Waals surface area contributed by atoms with E-state index in [0.717, 1.165) is 40.8 Å². The van der Waals surface area contributed by atoms with Gasteiger partial charge in [-0.1, -0.05) is 11.1 Å². The van der Waals surface area contributed by atoms with Crippen LogP contribution < -0.4 is 5.32 Å². The maximum atomic E-state index is 13.0. The molecule has 0 radical (unpaired) electrons. The monoisotopic (exact) mass is 391 g/mol. The summed E-state index contributed by atoms with van der Waals surface area (Å²) in [7, 11) is 0. The number of aryl methyl sites for hydroxylation is 1. The average Bonchev–Trinajstić information content (AvgIpc) is 3.17. The summed E-state index contributed by atoms with van der Waals surface area (Å²) in [5.41, 5.74) is 3.52. The van der Waals surface area contributed by atoms with Crippen molar-refractivity contribution < 1.29 is 24.2 Å². The molecule has 0 saturated heterocycles. The molecule has 6 nitrogen and oxygen atoms in total. The lowest BCUT2D eigenvalue weighted by molar-refractivity contribution is -0.146. The summed E-state index contributed by atoms with van der Waals surface area (Å²) in [6.07, 6.45) is 3.50. The predicted molar refractivity (Wildman–Crippen MR) is 103 cm³/mol. The lowest BCUT2D eigenvalue weighted by atomic mass is 9.76. The number of hydrogen-bond acceptors (Lipinski definition) is 5. The van der Waals surface area contributed by atoms with Gasteiger partial charge in [-0.3, -0.25) is 9.59 Å². The van der Waals surface area contributed by atoms with Crippen LogP contribution in [-0.4, -0.2) is 29.6 Å². The first kappa shape index (κ1) is 19.6. The molecule has 1 aromatic rings. The Bertz CT molecular complexity index is 823. The highest BCUT2D eigenvalue weighted by Gasteiger charge is 2.38. The fourth-order valence-electron chi connectivity index (χ4n) is 3.94. The summed E-state index contributed by atoms with van der Waals surface area (Å²) in [5.74, 6) is -3.09. The van der Waals surface area contributed by atoms with Crippen molar-refractivity contribution in [3.8, 4) is 0 Å². The van der Waals surface area contributed by atoms with Gasteiger partial charge in [-0.15, -0.1) is 11.3 Å². The van der Waals surface area contributed by atoms with Gasteiger partial charge in [0, 0.05) is 4.88 Å². The maximum Gasteiger partial charge on any atom is 0.341 e. The van der Waals surface area contributed by atoms with Gasteiger partial charge in [-0.05, 0) is 58.4 Å². The number of nitrogens with one attached hydrogen (secondary N) is 1. The van der Waals surface area contributed by atoms with Crippen LogP contribution in [-0.2, 0) is 27.2 Å². The van der Waals surface area contributed by atoms with Gasteiger partial charge in [0.1, 0.15) is 5.00 Å². The molecule has 0 aromatic carbocycles. The van der Waals surface area contributed by atoms with Gasteiger partial charge in [0.15, 0.2) is 0 Å². The molecule has 1 amide bonds. The second kappa shape index (κ2) is 7.84. The number of aliphatic carboxylic acids is 1. The first-order chi connectivity index (χ1) is 12.8. The normalized spacial score (nSPS) is 21.7. The molecule has 1 heterocycles. The quantitative estimate of drug-likeness (QED) is 0.588. The fourth-order valence-corrected chi connectivity index (χ4v) is 5.22. The minimum atomic E-state index is -0.957. The molecule has 2 N–H and O–H groups in total. The number of carboxylic acid groups (broad SMARTS) is 1. The number of carboxylic acids is 1. The molecule has 2 atom stereocenters. The van der Waals surface area contributed by atoms with E-state index in [1.807, 2.05) is 13.8 Å². The van der Waals surface area contributed by atoms with Crippen LogP contribution in [0.5, 0.6) is 0 Å². The largest absolute Gasteiger partial charge is 0.481 e. The molecular formula is C20H25NO5S. The first-order valence-corrected chi connectivity index (χ1v) is 10.2. The number of hydrogen-bond donors (Lipinski definition) is 2. The zero-order valence-corrected chi connectivity index (χ0v) is 16.7. The Morgan fingerprint density at radius 3 is 2.44 bits per heavy atom. The van der Waals surface area contributed by atoms with E-state index in [9.17, 15) is 19.5 Å². The molecule has 0 unspecified atom stereocenters. The standard InChI is InChI=1S/C20H25NO5S/c1-4-26-20(25)16-12-6-5-7-15(12)27-18(16)21-17(22)13-8-10(2)11(3)9-14(13)19(23)24/h13-14H,4-9H2,1-3H3,(H,21,22)(H,23,24)/t13-,14-/m1/s1. The highest BCUT2D eigenvalue weighted by atomic mass is 32.1. The molecule has 7 heteroatoms. The Morgan fingerprint density at radius 2 is 1.81 bits per heavy atom. The van der Waals surface area contributed by atoms with Gasteiger partial charge < -0.3 is 15.2 Å². The molecule has 27 heavy (non-hydrogen) atoms. The third kappa shape index (κ3) is 3.78. The van der Waals surface area contributed by atoms with Gasteiger partial charge in [-0.2, -0.15) is 0 Å². The summed E-state index contributed by atoms with van der Waals surface area (Å²) in [6, 6.07) is 0. The van der Waals surface area contributed by atoms with E-state index in [0.29, 0.717) is 23.4 Å². The Balaban J connectivity index is 1.88. The van der Waals surface area contributed by atoms with Crippen molar-refractivity contribution in [3.63, 3.8) is 0 Å². The van der Waals surface area contributed by atoms with E-state index in [2.05, 4.69) is 5.32 Å². The van der Waals surface area contributed by atoms with Crippen LogP contribution in [0.3, 0.4) is 0 Å². The van der Waals surface area contributed by atoms with Crippen molar-refractivity contribution in [1.29, 1.82) is 0 Å².